The second-order valence-electron chi connectivity index (χ2n) is 11.0. The third kappa shape index (κ3) is 18.3. The lowest BCUT2D eigenvalue weighted by molar-refractivity contribution is -0.126. The Morgan fingerprint density at radius 3 is 2.70 bits per heavy atom. The zero-order valence-electron chi connectivity index (χ0n) is 27.3. The maximum Gasteiger partial charge on any atom is 0.251 e. The summed E-state index contributed by atoms with van der Waals surface area (Å²) in [5, 5.41) is 24.5. The molecule has 1 heterocycles. The molecule has 1 aliphatic rings. The smallest absolute Gasteiger partial charge is 0.251 e. The summed E-state index contributed by atoms with van der Waals surface area (Å²) < 4.78 is 29.1. The fourth-order valence-corrected chi connectivity index (χ4v) is 7.46. The summed E-state index contributed by atoms with van der Waals surface area (Å²) in [6.45, 7) is 7.47. The Morgan fingerprint density at radius 1 is 1.19 bits per heavy atom. The number of carbonyl (C=O) groups excluding carboxylic acids is 2. The monoisotopic (exact) mass is 732 g/mol. The number of nitrogens with two attached hydrogens (primary N) is 1. The van der Waals surface area contributed by atoms with Gasteiger partial charge in [-0.2, -0.15) is 5.82 Å². The summed E-state index contributed by atoms with van der Waals surface area (Å²) in [5.74, 6) is 5.77. The van der Waals surface area contributed by atoms with Crippen LogP contribution in [-0.4, -0.2) is 129 Å². The Labute approximate surface area is 294 Å². The van der Waals surface area contributed by atoms with Crippen LogP contribution in [0.15, 0.2) is 24.3 Å². The zero-order chi connectivity index (χ0) is 34.5. The number of aliphatic hydroxyl groups is 2. The van der Waals surface area contributed by atoms with Gasteiger partial charge in [-0.25, -0.2) is 0 Å². The van der Waals surface area contributed by atoms with E-state index in [9.17, 15) is 19.8 Å². The van der Waals surface area contributed by atoms with Gasteiger partial charge >= 0.3 is 0 Å². The SMILES string of the molecule is CSS[C@@H](CO)O[C@@H]1C[C@H]([B]C#CCNC(=O)COCCOC(COc2cccc(C(=O)NCCN)c2)SSC(C)(C)C)OC1CO. The average molecular weight is 733 g/mol. The molecule has 1 aromatic carbocycles. The lowest BCUT2D eigenvalue weighted by atomic mass is 9.71. The number of hydrogen-bond acceptors (Lipinski definition) is 14. The van der Waals surface area contributed by atoms with Crippen molar-refractivity contribution < 1.29 is 43.5 Å². The van der Waals surface area contributed by atoms with Crippen LogP contribution in [0.3, 0.4) is 0 Å². The van der Waals surface area contributed by atoms with Crippen LogP contribution in [0.4, 0.5) is 0 Å². The van der Waals surface area contributed by atoms with E-state index < -0.39 is 11.5 Å². The molecule has 17 heteroatoms. The van der Waals surface area contributed by atoms with Gasteiger partial charge in [-0.15, -0.1) is 0 Å². The molecular formula is C30H47BN3O9S4. The number of ether oxygens (including phenoxy) is 5. The number of nitrogens with one attached hydrogen (secondary N) is 2. The molecule has 1 fully saturated rings. The van der Waals surface area contributed by atoms with Gasteiger partial charge in [-0.3, -0.25) is 9.59 Å². The highest BCUT2D eigenvalue weighted by molar-refractivity contribution is 8.77. The van der Waals surface area contributed by atoms with E-state index in [-0.39, 0.29) is 80.3 Å². The molecule has 1 saturated heterocycles. The number of rotatable bonds is 22. The van der Waals surface area contributed by atoms with Gasteiger partial charge in [-0.05, 0) is 30.9 Å². The summed E-state index contributed by atoms with van der Waals surface area (Å²) in [4.78, 5) is 24.4. The fourth-order valence-electron chi connectivity index (χ4n) is 3.84. The van der Waals surface area contributed by atoms with Crippen LogP contribution in [0, 0.1) is 11.7 Å². The molecular weight excluding hydrogens is 685 g/mol. The Kier molecular flexibility index (Phi) is 21.3. The van der Waals surface area contributed by atoms with Gasteiger partial charge in [0.1, 0.15) is 35.9 Å². The van der Waals surface area contributed by atoms with Crippen molar-refractivity contribution in [3.63, 3.8) is 0 Å². The summed E-state index contributed by atoms with van der Waals surface area (Å²) in [6.07, 6.45) is 1.57. The minimum atomic E-state index is -0.493. The van der Waals surface area contributed by atoms with Gasteiger partial charge in [0.05, 0.1) is 39.1 Å². The van der Waals surface area contributed by atoms with Crippen LogP contribution in [0.1, 0.15) is 37.6 Å². The molecule has 0 bridgehead atoms. The first-order valence-electron chi connectivity index (χ1n) is 15.1. The van der Waals surface area contributed by atoms with E-state index in [0.29, 0.717) is 30.8 Å². The van der Waals surface area contributed by atoms with Crippen molar-refractivity contribution in [3.8, 4) is 17.5 Å². The molecule has 6 N–H and O–H groups in total. The highest BCUT2D eigenvalue weighted by Crippen LogP contribution is 2.38. The van der Waals surface area contributed by atoms with Gasteiger partial charge in [0.2, 0.25) is 5.91 Å². The van der Waals surface area contributed by atoms with E-state index >= 15 is 0 Å². The van der Waals surface area contributed by atoms with Crippen LogP contribution in [0.2, 0.25) is 0 Å². The summed E-state index contributed by atoms with van der Waals surface area (Å²) in [5.41, 5.74) is 5.23. The maximum absolute atomic E-state index is 12.2. The van der Waals surface area contributed by atoms with Gasteiger partial charge in [-0.1, -0.05) is 75.9 Å². The molecule has 2 amide bonds. The van der Waals surface area contributed by atoms with Crippen molar-refractivity contribution in [2.45, 2.75) is 61.0 Å². The molecule has 1 aliphatic heterocycles. The van der Waals surface area contributed by atoms with Crippen molar-refractivity contribution in [1.82, 2.24) is 10.6 Å². The lowest BCUT2D eigenvalue weighted by Gasteiger charge is -2.22. The minimum absolute atomic E-state index is 0.00206. The molecule has 0 aliphatic carbocycles. The van der Waals surface area contributed by atoms with E-state index in [2.05, 4.69) is 43.1 Å². The molecule has 0 aromatic heterocycles. The van der Waals surface area contributed by atoms with E-state index in [1.165, 1.54) is 21.6 Å². The van der Waals surface area contributed by atoms with E-state index in [1.807, 2.05) is 6.26 Å². The van der Waals surface area contributed by atoms with E-state index in [1.54, 1.807) is 53.1 Å². The Bertz CT molecular complexity index is 1130. The molecule has 2 rings (SSSR count). The summed E-state index contributed by atoms with van der Waals surface area (Å²) >= 11 is 0. The second-order valence-corrected chi connectivity index (χ2v) is 16.8. The molecule has 47 heavy (non-hydrogen) atoms. The van der Waals surface area contributed by atoms with Crippen LogP contribution in [-0.2, 0) is 23.7 Å². The lowest BCUT2D eigenvalue weighted by Crippen LogP contribution is -2.31. The summed E-state index contributed by atoms with van der Waals surface area (Å²) in [7, 11) is 7.80. The normalized spacial score (nSPS) is 18.9. The van der Waals surface area contributed by atoms with Gasteiger partial charge < -0.3 is 50.3 Å². The second kappa shape index (κ2) is 24.0. The van der Waals surface area contributed by atoms with Crippen molar-refractivity contribution in [1.29, 1.82) is 0 Å². The third-order valence-corrected chi connectivity index (χ3v) is 11.3. The number of carbonyl (C=O) groups is 2. The van der Waals surface area contributed by atoms with Crippen molar-refractivity contribution in [2.24, 2.45) is 5.73 Å². The minimum Gasteiger partial charge on any atom is -0.490 e. The molecule has 0 saturated carbocycles. The predicted octanol–water partition coefficient (Wildman–Crippen LogP) is 1.90. The molecule has 0 spiro atoms. The van der Waals surface area contributed by atoms with Crippen molar-refractivity contribution in [2.75, 3.05) is 65.5 Å². The number of hydrogen-bond donors (Lipinski definition) is 5. The Balaban J connectivity index is 1.69. The highest BCUT2D eigenvalue weighted by Gasteiger charge is 2.37. The average Bonchev–Trinajstić information content (AvgIpc) is 3.44. The van der Waals surface area contributed by atoms with Crippen LogP contribution >= 0.6 is 43.2 Å². The number of benzene rings is 1. The topological polar surface area (TPSA) is 171 Å². The Morgan fingerprint density at radius 2 is 2.00 bits per heavy atom. The van der Waals surface area contributed by atoms with Gasteiger partial charge in [0.15, 0.2) is 0 Å². The highest BCUT2D eigenvalue weighted by atomic mass is 33.1. The first-order chi connectivity index (χ1) is 22.6. The van der Waals surface area contributed by atoms with E-state index in [0.717, 1.165) is 0 Å². The molecule has 2 unspecified atom stereocenters. The van der Waals surface area contributed by atoms with E-state index in [4.69, 9.17) is 29.4 Å². The molecule has 263 valence electrons. The quantitative estimate of drug-likeness (QED) is 0.0385. The standard InChI is InChI=1S/C30H47BN3O9S4/c1-30(2,3)47-46-28(20-41-22-8-5-7-21(15-22)29(38)34-12-10-32)40-14-13-39-19-26(37)33-11-6-9-31-25-16-23(24(17-35)42-25)43-27(18-36)45-44-4/h5,7-8,15,23-25,27-28,35-36H,10-14,16-20,32H2,1-4H3,(H,33,37)(H,34,38)/t23-,24?,25-,27+,28?/m1/s1. The maximum atomic E-state index is 12.2. The van der Waals surface area contributed by atoms with Crippen molar-refractivity contribution >= 4 is 62.3 Å². The fraction of sp³-hybridized carbons (Fsp3) is 0.667. The predicted molar refractivity (Wildman–Crippen MR) is 193 cm³/mol. The third-order valence-electron chi connectivity index (χ3n) is 5.92. The molecule has 1 aromatic rings. The first kappa shape index (κ1) is 41.9. The van der Waals surface area contributed by atoms with Crippen LogP contribution < -0.4 is 21.1 Å². The largest absolute Gasteiger partial charge is 0.490 e. The zero-order valence-corrected chi connectivity index (χ0v) is 30.6. The van der Waals surface area contributed by atoms with Crippen LogP contribution in [0.5, 0.6) is 5.75 Å². The number of amides is 2. The first-order valence-corrected chi connectivity index (χ1v) is 20.0. The molecule has 5 atom stereocenters. The van der Waals surface area contributed by atoms with Crippen molar-refractivity contribution in [3.05, 3.63) is 29.8 Å². The Hall–Kier alpha value is -1.30. The summed E-state index contributed by atoms with van der Waals surface area (Å²) in [6, 6.07) is 6.60. The van der Waals surface area contributed by atoms with Crippen LogP contribution in [0.25, 0.3) is 0 Å². The number of aliphatic hydroxyl groups excluding tert-OH is 2. The van der Waals surface area contributed by atoms with Gasteiger partial charge in [0, 0.05) is 29.4 Å². The molecule has 1 radical (unpaired) electrons. The molecule has 12 nitrogen and oxygen atoms in total. The van der Waals surface area contributed by atoms with Gasteiger partial charge in [0.25, 0.3) is 13.2 Å².